The minimum atomic E-state index is 0.105. The van der Waals surface area contributed by atoms with Crippen LogP contribution in [-0.2, 0) is 4.79 Å². The van der Waals surface area contributed by atoms with E-state index in [0.29, 0.717) is 6.54 Å². The predicted octanol–water partition coefficient (Wildman–Crippen LogP) is 2.08. The molecule has 1 fully saturated rings. The van der Waals surface area contributed by atoms with Crippen LogP contribution in [-0.4, -0.2) is 37.2 Å². The van der Waals surface area contributed by atoms with Gasteiger partial charge in [0, 0.05) is 19.1 Å². The fourth-order valence-electron chi connectivity index (χ4n) is 2.80. The molecule has 114 valence electrons. The Morgan fingerprint density at radius 1 is 1.24 bits per heavy atom. The number of hydrogen-bond donors (Lipinski definition) is 1. The molecule has 1 aromatic carbocycles. The molecule has 1 atom stereocenters. The third kappa shape index (κ3) is 3.29. The summed E-state index contributed by atoms with van der Waals surface area (Å²) in [5.74, 6) is 1.76. The fraction of sp³-hybridized carbons (Fsp3) is 0.562. The van der Waals surface area contributed by atoms with E-state index in [1.54, 1.807) is 0 Å². The van der Waals surface area contributed by atoms with Crippen LogP contribution >= 0.6 is 0 Å². The van der Waals surface area contributed by atoms with E-state index in [0.717, 1.165) is 43.0 Å². The zero-order valence-electron chi connectivity index (χ0n) is 12.4. The van der Waals surface area contributed by atoms with Crippen molar-refractivity contribution < 1.29 is 14.3 Å². The Kier molecular flexibility index (Phi) is 4.29. The van der Waals surface area contributed by atoms with Crippen molar-refractivity contribution in [1.29, 1.82) is 0 Å². The maximum atomic E-state index is 12.1. The molecule has 1 N–H and O–H groups in total. The van der Waals surface area contributed by atoms with Crippen LogP contribution in [0.5, 0.6) is 11.5 Å². The van der Waals surface area contributed by atoms with Crippen molar-refractivity contribution in [3.05, 3.63) is 23.8 Å². The van der Waals surface area contributed by atoms with Gasteiger partial charge in [0.2, 0.25) is 12.7 Å². The van der Waals surface area contributed by atoms with Gasteiger partial charge in [0.15, 0.2) is 11.5 Å². The molecule has 1 saturated heterocycles. The molecule has 5 heteroatoms. The summed E-state index contributed by atoms with van der Waals surface area (Å²) in [6.07, 6.45) is 3.50. The molecule has 5 nitrogen and oxygen atoms in total. The number of nitrogens with one attached hydrogen (secondary N) is 1. The highest BCUT2D eigenvalue weighted by Crippen LogP contribution is 2.34. The molecular formula is C16H22N2O3. The highest BCUT2D eigenvalue weighted by molar-refractivity contribution is 5.78. The normalized spacial score (nSPS) is 18.6. The van der Waals surface area contributed by atoms with Crippen molar-refractivity contribution in [2.75, 3.05) is 26.4 Å². The molecule has 21 heavy (non-hydrogen) atoms. The van der Waals surface area contributed by atoms with Crippen LogP contribution in [0.4, 0.5) is 0 Å². The van der Waals surface area contributed by atoms with Gasteiger partial charge in [-0.05, 0) is 43.9 Å². The van der Waals surface area contributed by atoms with Crippen molar-refractivity contribution in [1.82, 2.24) is 10.2 Å². The van der Waals surface area contributed by atoms with Crippen LogP contribution in [0.15, 0.2) is 18.2 Å². The lowest BCUT2D eigenvalue weighted by molar-refractivity contribution is -0.131. The van der Waals surface area contributed by atoms with Crippen LogP contribution in [0, 0.1) is 0 Å². The fourth-order valence-corrected chi connectivity index (χ4v) is 2.80. The summed E-state index contributed by atoms with van der Waals surface area (Å²) in [4.78, 5) is 14.1. The summed E-state index contributed by atoms with van der Waals surface area (Å²) >= 11 is 0. The number of benzene rings is 1. The number of hydrogen-bond acceptors (Lipinski definition) is 4. The van der Waals surface area contributed by atoms with Gasteiger partial charge in [-0.3, -0.25) is 4.79 Å². The highest BCUT2D eigenvalue weighted by atomic mass is 16.7. The quantitative estimate of drug-likeness (QED) is 0.922. The third-order valence-electron chi connectivity index (χ3n) is 4.16. The predicted molar refractivity (Wildman–Crippen MR) is 79.4 cm³/mol. The van der Waals surface area contributed by atoms with E-state index in [1.807, 2.05) is 23.1 Å². The molecule has 1 unspecified atom stereocenters. The number of ether oxygens (including phenoxy) is 2. The van der Waals surface area contributed by atoms with Gasteiger partial charge in [-0.15, -0.1) is 0 Å². The van der Waals surface area contributed by atoms with Crippen LogP contribution in [0.3, 0.4) is 0 Å². The Labute approximate surface area is 125 Å². The van der Waals surface area contributed by atoms with Crippen molar-refractivity contribution in [2.45, 2.75) is 32.2 Å². The smallest absolute Gasteiger partial charge is 0.236 e. The first-order valence-electron chi connectivity index (χ1n) is 7.65. The lowest BCUT2D eigenvalue weighted by atomic mass is 10.1. The van der Waals surface area contributed by atoms with Gasteiger partial charge in [0.1, 0.15) is 0 Å². The number of carbonyl (C=O) groups excluding carboxylic acids is 1. The SMILES string of the molecule is CC(NCC(=O)N1CCCCC1)c1ccc2c(c1)OCO2. The first-order chi connectivity index (χ1) is 10.2. The lowest BCUT2D eigenvalue weighted by Crippen LogP contribution is -2.41. The molecule has 1 aromatic rings. The van der Waals surface area contributed by atoms with E-state index in [1.165, 1.54) is 6.42 Å². The summed E-state index contributed by atoms with van der Waals surface area (Å²) in [5, 5.41) is 3.30. The second-order valence-electron chi connectivity index (χ2n) is 5.66. The average Bonchev–Trinajstić information content (AvgIpc) is 3.00. The topological polar surface area (TPSA) is 50.8 Å². The summed E-state index contributed by atoms with van der Waals surface area (Å²) in [5.41, 5.74) is 1.10. The molecule has 0 radical (unpaired) electrons. The van der Waals surface area contributed by atoms with Gasteiger partial charge in [0.05, 0.1) is 6.54 Å². The maximum Gasteiger partial charge on any atom is 0.236 e. The minimum Gasteiger partial charge on any atom is -0.454 e. The summed E-state index contributed by atoms with van der Waals surface area (Å²) in [6.45, 7) is 4.53. The van der Waals surface area contributed by atoms with Crippen molar-refractivity contribution in [3.63, 3.8) is 0 Å². The Morgan fingerprint density at radius 3 is 2.81 bits per heavy atom. The second-order valence-corrected chi connectivity index (χ2v) is 5.66. The van der Waals surface area contributed by atoms with Gasteiger partial charge < -0.3 is 19.7 Å². The second kappa shape index (κ2) is 6.35. The Bertz CT molecular complexity index is 512. The zero-order valence-corrected chi connectivity index (χ0v) is 12.4. The number of piperidine rings is 1. The van der Waals surface area contributed by atoms with E-state index in [-0.39, 0.29) is 18.7 Å². The van der Waals surface area contributed by atoms with Gasteiger partial charge >= 0.3 is 0 Å². The molecule has 2 aliphatic heterocycles. The zero-order chi connectivity index (χ0) is 14.7. The van der Waals surface area contributed by atoms with E-state index in [9.17, 15) is 4.79 Å². The van der Waals surface area contributed by atoms with E-state index in [4.69, 9.17) is 9.47 Å². The minimum absolute atomic E-state index is 0.105. The molecular weight excluding hydrogens is 268 g/mol. The number of fused-ring (bicyclic) bond motifs is 1. The van der Waals surface area contributed by atoms with Crippen molar-refractivity contribution in [3.8, 4) is 11.5 Å². The molecule has 1 amide bonds. The molecule has 2 aliphatic rings. The maximum absolute atomic E-state index is 12.1. The Morgan fingerprint density at radius 2 is 2.00 bits per heavy atom. The Hall–Kier alpha value is -1.75. The molecule has 0 bridgehead atoms. The monoisotopic (exact) mass is 290 g/mol. The van der Waals surface area contributed by atoms with Gasteiger partial charge in [-0.1, -0.05) is 6.07 Å². The summed E-state index contributed by atoms with van der Waals surface area (Å²) in [7, 11) is 0. The van der Waals surface area contributed by atoms with E-state index < -0.39 is 0 Å². The number of carbonyl (C=O) groups is 1. The van der Waals surface area contributed by atoms with Crippen LogP contribution in [0.1, 0.15) is 37.8 Å². The first kappa shape index (κ1) is 14.2. The largest absolute Gasteiger partial charge is 0.454 e. The lowest BCUT2D eigenvalue weighted by Gasteiger charge is -2.27. The summed E-state index contributed by atoms with van der Waals surface area (Å²) in [6, 6.07) is 6.01. The van der Waals surface area contributed by atoms with E-state index in [2.05, 4.69) is 12.2 Å². The summed E-state index contributed by atoms with van der Waals surface area (Å²) < 4.78 is 10.7. The van der Waals surface area contributed by atoms with Gasteiger partial charge in [-0.2, -0.15) is 0 Å². The average molecular weight is 290 g/mol. The highest BCUT2D eigenvalue weighted by Gasteiger charge is 2.18. The number of rotatable bonds is 4. The van der Waals surface area contributed by atoms with Crippen LogP contribution in [0.25, 0.3) is 0 Å². The first-order valence-corrected chi connectivity index (χ1v) is 7.65. The molecule has 3 rings (SSSR count). The molecule has 0 spiro atoms. The van der Waals surface area contributed by atoms with E-state index >= 15 is 0 Å². The molecule has 0 saturated carbocycles. The number of amides is 1. The van der Waals surface area contributed by atoms with Gasteiger partial charge in [-0.25, -0.2) is 0 Å². The van der Waals surface area contributed by atoms with Crippen LogP contribution < -0.4 is 14.8 Å². The van der Waals surface area contributed by atoms with Crippen LogP contribution in [0.2, 0.25) is 0 Å². The number of nitrogens with zero attached hydrogens (tertiary/aromatic N) is 1. The number of likely N-dealkylation sites (tertiary alicyclic amines) is 1. The van der Waals surface area contributed by atoms with Crippen molar-refractivity contribution in [2.24, 2.45) is 0 Å². The third-order valence-corrected chi connectivity index (χ3v) is 4.16. The molecule has 2 heterocycles. The standard InChI is InChI=1S/C16H22N2O3/c1-12(13-5-6-14-15(9-13)21-11-20-14)17-10-16(19)18-7-3-2-4-8-18/h5-6,9,12,17H,2-4,7-8,10-11H2,1H3. The molecule has 0 aliphatic carbocycles. The van der Waals surface area contributed by atoms with Crippen molar-refractivity contribution >= 4 is 5.91 Å². The Balaban J connectivity index is 1.54. The molecule has 0 aromatic heterocycles. The van der Waals surface area contributed by atoms with Gasteiger partial charge in [0.25, 0.3) is 0 Å².